The summed E-state index contributed by atoms with van der Waals surface area (Å²) in [7, 11) is 0. The van der Waals surface area contributed by atoms with Gasteiger partial charge in [-0.25, -0.2) is 0 Å². The zero-order valence-corrected chi connectivity index (χ0v) is 21.8. The molecule has 1 heterocycles. The highest BCUT2D eigenvalue weighted by molar-refractivity contribution is 7.99. The van der Waals surface area contributed by atoms with Crippen LogP contribution in [0.25, 0.3) is 0 Å². The maximum atomic E-state index is 12.7. The van der Waals surface area contributed by atoms with E-state index in [4.69, 9.17) is 23.2 Å². The minimum Gasteiger partial charge on any atom is -0.342 e. The van der Waals surface area contributed by atoms with Crippen LogP contribution in [-0.2, 0) is 11.3 Å². The van der Waals surface area contributed by atoms with Crippen molar-refractivity contribution in [2.75, 3.05) is 11.1 Å². The molecule has 0 spiro atoms. The Labute approximate surface area is 213 Å². The molecule has 0 saturated heterocycles. The van der Waals surface area contributed by atoms with E-state index in [0.29, 0.717) is 34.0 Å². The van der Waals surface area contributed by atoms with Crippen molar-refractivity contribution < 1.29 is 9.59 Å². The van der Waals surface area contributed by atoms with Gasteiger partial charge in [-0.2, -0.15) is 0 Å². The van der Waals surface area contributed by atoms with Crippen molar-refractivity contribution in [3.63, 3.8) is 0 Å². The van der Waals surface area contributed by atoms with Crippen LogP contribution in [0.1, 0.15) is 61.4 Å². The normalized spacial score (nSPS) is 12.0. The molecule has 180 valence electrons. The fraction of sp³-hybridized carbons (Fsp3) is 0.333. The third-order valence-electron chi connectivity index (χ3n) is 5.16. The van der Waals surface area contributed by atoms with Gasteiger partial charge in [0.25, 0.3) is 5.91 Å². The number of nitrogens with zero attached hydrogens (tertiary/aromatic N) is 3. The van der Waals surface area contributed by atoms with Crippen LogP contribution in [0.5, 0.6) is 0 Å². The maximum Gasteiger partial charge on any atom is 0.253 e. The first kappa shape index (κ1) is 26.1. The first-order chi connectivity index (χ1) is 16.2. The molecule has 0 fully saturated rings. The van der Waals surface area contributed by atoms with Gasteiger partial charge in [-0.1, -0.05) is 67.0 Å². The summed E-state index contributed by atoms with van der Waals surface area (Å²) in [6.07, 6.45) is 0. The van der Waals surface area contributed by atoms with Crippen LogP contribution in [0.15, 0.2) is 47.6 Å². The zero-order valence-electron chi connectivity index (χ0n) is 19.4. The fourth-order valence-electron chi connectivity index (χ4n) is 3.47. The number of carbonyl (C=O) groups is 2. The quantitative estimate of drug-likeness (QED) is 0.341. The van der Waals surface area contributed by atoms with Gasteiger partial charge in [0.1, 0.15) is 0 Å². The Hall–Kier alpha value is -2.55. The molecule has 3 aromatic rings. The highest BCUT2D eigenvalue weighted by Crippen LogP contribution is 2.26. The van der Waals surface area contributed by atoms with Crippen molar-refractivity contribution in [1.29, 1.82) is 0 Å². The monoisotopic (exact) mass is 519 g/mol. The lowest BCUT2D eigenvalue weighted by Crippen LogP contribution is -2.29. The van der Waals surface area contributed by atoms with Crippen LogP contribution < -0.4 is 10.6 Å². The van der Waals surface area contributed by atoms with Crippen molar-refractivity contribution in [3.8, 4) is 0 Å². The predicted molar refractivity (Wildman–Crippen MR) is 138 cm³/mol. The lowest BCUT2D eigenvalue weighted by atomic mass is 10.0. The summed E-state index contributed by atoms with van der Waals surface area (Å²) < 4.78 is 1.88. The Kier molecular flexibility index (Phi) is 8.99. The molecule has 0 unspecified atom stereocenters. The van der Waals surface area contributed by atoms with Crippen molar-refractivity contribution in [3.05, 3.63) is 69.5 Å². The number of nitrogens with one attached hydrogen (secondary N) is 2. The van der Waals surface area contributed by atoms with Gasteiger partial charge in [0.2, 0.25) is 5.91 Å². The van der Waals surface area contributed by atoms with Gasteiger partial charge < -0.3 is 15.2 Å². The summed E-state index contributed by atoms with van der Waals surface area (Å²) in [5.74, 6) is 0.621. The number of para-hydroxylation sites is 1. The van der Waals surface area contributed by atoms with Crippen LogP contribution in [-0.4, -0.2) is 32.3 Å². The smallest absolute Gasteiger partial charge is 0.253 e. The number of thioether (sulfide) groups is 1. The van der Waals surface area contributed by atoms with E-state index < -0.39 is 6.04 Å². The standard InChI is InChI=1S/C24H27Cl2N5O2S/c1-5-31-22(15(4)27-23(33)18-11-10-16(25)12-19(18)26)29-30-24(31)34-13-21(32)28-20-9-7-6-8-17(20)14(2)3/h6-12,14-15H,5,13H2,1-4H3,(H,27,33)(H,28,32)/t15-/m0/s1. The Balaban J connectivity index is 1.65. The molecule has 2 N–H and O–H groups in total. The van der Waals surface area contributed by atoms with Gasteiger partial charge in [-0.15, -0.1) is 10.2 Å². The zero-order chi connectivity index (χ0) is 24.8. The van der Waals surface area contributed by atoms with Gasteiger partial charge in [-0.05, 0) is 49.6 Å². The van der Waals surface area contributed by atoms with E-state index in [0.717, 1.165) is 11.3 Å². The van der Waals surface area contributed by atoms with E-state index in [1.807, 2.05) is 42.7 Å². The number of halogens is 2. The van der Waals surface area contributed by atoms with Crippen LogP contribution in [0.4, 0.5) is 5.69 Å². The molecule has 0 bridgehead atoms. The number of benzene rings is 2. The number of aromatic nitrogens is 3. The van der Waals surface area contributed by atoms with E-state index in [-0.39, 0.29) is 22.6 Å². The second-order valence-corrected chi connectivity index (χ2v) is 9.77. The summed E-state index contributed by atoms with van der Waals surface area (Å²) in [6.45, 7) is 8.55. The minimum absolute atomic E-state index is 0.121. The number of hydrogen-bond acceptors (Lipinski definition) is 5. The second-order valence-electron chi connectivity index (χ2n) is 7.98. The molecular weight excluding hydrogens is 493 g/mol. The SMILES string of the molecule is CCn1c(SCC(=O)Nc2ccccc2C(C)C)nnc1[C@H](C)NC(=O)c1ccc(Cl)cc1Cl. The van der Waals surface area contributed by atoms with Crippen molar-refractivity contribution in [1.82, 2.24) is 20.1 Å². The van der Waals surface area contributed by atoms with E-state index in [1.165, 1.54) is 17.8 Å². The molecule has 2 aromatic carbocycles. The highest BCUT2D eigenvalue weighted by Gasteiger charge is 2.21. The summed E-state index contributed by atoms with van der Waals surface area (Å²) in [5.41, 5.74) is 2.23. The van der Waals surface area contributed by atoms with Crippen molar-refractivity contribution in [2.45, 2.75) is 51.4 Å². The average Bonchev–Trinajstić information content (AvgIpc) is 3.21. The molecule has 0 saturated carbocycles. The molecule has 1 atom stereocenters. The molecule has 7 nitrogen and oxygen atoms in total. The molecular formula is C24H27Cl2N5O2S. The van der Waals surface area contributed by atoms with Gasteiger partial charge in [-0.3, -0.25) is 9.59 Å². The average molecular weight is 520 g/mol. The number of amides is 2. The Morgan fingerprint density at radius 2 is 1.82 bits per heavy atom. The second kappa shape index (κ2) is 11.7. The van der Waals surface area contributed by atoms with E-state index in [1.54, 1.807) is 12.1 Å². The summed E-state index contributed by atoms with van der Waals surface area (Å²) in [6, 6.07) is 12.1. The van der Waals surface area contributed by atoms with Crippen molar-refractivity contribution in [2.24, 2.45) is 0 Å². The lowest BCUT2D eigenvalue weighted by Gasteiger charge is -2.16. The van der Waals surface area contributed by atoms with Crippen LogP contribution in [0, 0.1) is 0 Å². The highest BCUT2D eigenvalue weighted by atomic mass is 35.5. The molecule has 1 aromatic heterocycles. The molecule has 0 aliphatic carbocycles. The summed E-state index contributed by atoms with van der Waals surface area (Å²) in [4.78, 5) is 25.3. The van der Waals surface area contributed by atoms with E-state index in [2.05, 4.69) is 34.7 Å². The molecule has 3 rings (SSSR count). The number of rotatable bonds is 9. The number of hydrogen-bond donors (Lipinski definition) is 2. The Bertz CT molecular complexity index is 1180. The van der Waals surface area contributed by atoms with Gasteiger partial charge in [0, 0.05) is 17.3 Å². The summed E-state index contributed by atoms with van der Waals surface area (Å²) >= 11 is 13.4. The number of anilines is 1. The van der Waals surface area contributed by atoms with Gasteiger partial charge >= 0.3 is 0 Å². The van der Waals surface area contributed by atoms with Crippen molar-refractivity contribution >= 4 is 52.5 Å². The third kappa shape index (κ3) is 6.31. The summed E-state index contributed by atoms with van der Waals surface area (Å²) in [5, 5.41) is 15.7. The van der Waals surface area contributed by atoms with Gasteiger partial charge in [0.05, 0.1) is 22.4 Å². The Morgan fingerprint density at radius 1 is 1.09 bits per heavy atom. The van der Waals surface area contributed by atoms with Crippen LogP contribution >= 0.6 is 35.0 Å². The maximum absolute atomic E-state index is 12.7. The van der Waals surface area contributed by atoms with E-state index in [9.17, 15) is 9.59 Å². The van der Waals surface area contributed by atoms with E-state index >= 15 is 0 Å². The Morgan fingerprint density at radius 3 is 2.50 bits per heavy atom. The largest absolute Gasteiger partial charge is 0.342 e. The van der Waals surface area contributed by atoms with Crippen LogP contribution in [0.2, 0.25) is 10.0 Å². The molecule has 2 amide bonds. The molecule has 10 heteroatoms. The van der Waals surface area contributed by atoms with Crippen LogP contribution in [0.3, 0.4) is 0 Å². The number of carbonyl (C=O) groups excluding carboxylic acids is 2. The topological polar surface area (TPSA) is 88.9 Å². The molecule has 0 aliphatic rings. The third-order valence-corrected chi connectivity index (χ3v) is 6.68. The molecule has 34 heavy (non-hydrogen) atoms. The first-order valence-corrected chi connectivity index (χ1v) is 12.7. The predicted octanol–water partition coefficient (Wildman–Crippen LogP) is 5.95. The van der Waals surface area contributed by atoms with Gasteiger partial charge in [0.15, 0.2) is 11.0 Å². The molecule has 0 aliphatic heterocycles. The molecule has 0 radical (unpaired) electrons. The first-order valence-electron chi connectivity index (χ1n) is 10.9. The minimum atomic E-state index is -0.423. The lowest BCUT2D eigenvalue weighted by molar-refractivity contribution is -0.113. The fourth-order valence-corrected chi connectivity index (χ4v) is 4.77.